The molecule has 1 aliphatic carbocycles. The molecule has 3 N–H and O–H groups in total. The quantitative estimate of drug-likeness (QED) is 0.834. The fourth-order valence-corrected chi connectivity index (χ4v) is 2.50. The predicted octanol–water partition coefficient (Wildman–Crippen LogP) is 0.961. The highest BCUT2D eigenvalue weighted by molar-refractivity contribution is 5.94. The first-order chi connectivity index (χ1) is 8.74. The second-order valence-corrected chi connectivity index (χ2v) is 5.01. The van der Waals surface area contributed by atoms with Crippen LogP contribution in [-0.4, -0.2) is 29.6 Å². The van der Waals surface area contributed by atoms with E-state index >= 15 is 0 Å². The van der Waals surface area contributed by atoms with Crippen LogP contribution in [0.2, 0.25) is 0 Å². The Labute approximate surface area is 106 Å². The molecule has 0 aromatic carbocycles. The summed E-state index contributed by atoms with van der Waals surface area (Å²) in [5.41, 5.74) is 6.13. The van der Waals surface area contributed by atoms with Gasteiger partial charge in [0.2, 0.25) is 0 Å². The molecular formula is C13H17N3O2. The molecule has 1 amide bonds. The largest absolute Gasteiger partial charge is 0.384 e. The first-order valence-corrected chi connectivity index (χ1v) is 6.38. The van der Waals surface area contributed by atoms with Gasteiger partial charge < -0.3 is 15.8 Å². The predicted molar refractivity (Wildman–Crippen MR) is 67.0 cm³/mol. The molecule has 1 aliphatic heterocycles. The Morgan fingerprint density at radius 3 is 3.00 bits per heavy atom. The number of nitrogen functional groups attached to an aromatic ring is 1. The van der Waals surface area contributed by atoms with Gasteiger partial charge in [-0.25, -0.2) is 4.98 Å². The summed E-state index contributed by atoms with van der Waals surface area (Å²) in [6.07, 6.45) is 5.09. The number of hydrogen-bond acceptors (Lipinski definition) is 4. The van der Waals surface area contributed by atoms with Gasteiger partial charge >= 0.3 is 0 Å². The smallest absolute Gasteiger partial charge is 0.251 e. The summed E-state index contributed by atoms with van der Waals surface area (Å²) in [5.74, 6) is 0.912. The zero-order valence-electron chi connectivity index (χ0n) is 10.1. The van der Waals surface area contributed by atoms with E-state index < -0.39 is 0 Å². The molecule has 1 saturated heterocycles. The summed E-state index contributed by atoms with van der Waals surface area (Å²) in [4.78, 5) is 16.0. The SMILES string of the molecule is Nc1cc(C(=O)NC2CCOC2C2CC2)ccn1. The van der Waals surface area contributed by atoms with Crippen LogP contribution in [0.4, 0.5) is 5.82 Å². The maximum Gasteiger partial charge on any atom is 0.251 e. The van der Waals surface area contributed by atoms with E-state index in [0.29, 0.717) is 17.3 Å². The van der Waals surface area contributed by atoms with Crippen molar-refractivity contribution >= 4 is 11.7 Å². The number of hydrogen-bond donors (Lipinski definition) is 2. The van der Waals surface area contributed by atoms with Gasteiger partial charge in [0.15, 0.2) is 0 Å². The van der Waals surface area contributed by atoms with Crippen LogP contribution in [0, 0.1) is 5.92 Å². The van der Waals surface area contributed by atoms with Gasteiger partial charge in [-0.1, -0.05) is 0 Å². The number of nitrogens with zero attached hydrogens (tertiary/aromatic N) is 1. The lowest BCUT2D eigenvalue weighted by molar-refractivity contribution is 0.0729. The summed E-state index contributed by atoms with van der Waals surface area (Å²) in [5, 5.41) is 3.05. The highest BCUT2D eigenvalue weighted by Gasteiger charge is 2.41. The van der Waals surface area contributed by atoms with E-state index in [0.717, 1.165) is 13.0 Å². The molecule has 0 radical (unpaired) electrons. The molecule has 2 atom stereocenters. The molecule has 2 unspecified atom stereocenters. The minimum absolute atomic E-state index is 0.0924. The third-order valence-corrected chi connectivity index (χ3v) is 3.58. The van der Waals surface area contributed by atoms with Crippen molar-refractivity contribution in [3.63, 3.8) is 0 Å². The highest BCUT2D eigenvalue weighted by atomic mass is 16.5. The first-order valence-electron chi connectivity index (χ1n) is 6.38. The number of ether oxygens (including phenoxy) is 1. The molecule has 0 spiro atoms. The van der Waals surface area contributed by atoms with Crippen LogP contribution in [0.25, 0.3) is 0 Å². The van der Waals surface area contributed by atoms with Crippen LogP contribution in [0.3, 0.4) is 0 Å². The lowest BCUT2D eigenvalue weighted by atomic mass is 10.1. The normalized spacial score (nSPS) is 27.1. The van der Waals surface area contributed by atoms with E-state index in [2.05, 4.69) is 10.3 Å². The summed E-state index contributed by atoms with van der Waals surface area (Å²) in [6.45, 7) is 0.741. The van der Waals surface area contributed by atoms with Crippen molar-refractivity contribution in [3.05, 3.63) is 23.9 Å². The number of aromatic nitrogens is 1. The average Bonchev–Trinajstić information content (AvgIpc) is 3.10. The van der Waals surface area contributed by atoms with E-state index in [9.17, 15) is 4.79 Å². The number of carbonyl (C=O) groups excluding carboxylic acids is 1. The fraction of sp³-hybridized carbons (Fsp3) is 0.538. The van der Waals surface area contributed by atoms with Crippen molar-refractivity contribution in [1.82, 2.24) is 10.3 Å². The maximum absolute atomic E-state index is 12.1. The van der Waals surface area contributed by atoms with Gasteiger partial charge in [0.25, 0.3) is 5.91 Å². The Bertz CT molecular complexity index is 459. The Kier molecular flexibility index (Phi) is 2.91. The van der Waals surface area contributed by atoms with Gasteiger partial charge in [0.1, 0.15) is 5.82 Å². The molecule has 1 saturated carbocycles. The van der Waals surface area contributed by atoms with Crippen molar-refractivity contribution < 1.29 is 9.53 Å². The molecule has 1 aromatic heterocycles. The molecule has 2 aliphatic rings. The summed E-state index contributed by atoms with van der Waals surface area (Å²) >= 11 is 0. The number of nitrogens with one attached hydrogen (secondary N) is 1. The number of nitrogens with two attached hydrogens (primary N) is 1. The third-order valence-electron chi connectivity index (χ3n) is 3.58. The minimum atomic E-state index is -0.0924. The van der Waals surface area contributed by atoms with Gasteiger partial charge in [-0.3, -0.25) is 4.79 Å². The van der Waals surface area contributed by atoms with E-state index in [1.165, 1.54) is 12.8 Å². The van der Waals surface area contributed by atoms with Crippen molar-refractivity contribution in [2.45, 2.75) is 31.4 Å². The summed E-state index contributed by atoms with van der Waals surface area (Å²) in [7, 11) is 0. The first kappa shape index (κ1) is 11.5. The van der Waals surface area contributed by atoms with E-state index in [4.69, 9.17) is 10.5 Å². The molecular weight excluding hydrogens is 230 g/mol. The molecule has 1 aromatic rings. The number of pyridine rings is 1. The van der Waals surface area contributed by atoms with Crippen LogP contribution in [0.1, 0.15) is 29.6 Å². The third kappa shape index (κ3) is 2.31. The molecule has 0 bridgehead atoms. The van der Waals surface area contributed by atoms with Crippen LogP contribution >= 0.6 is 0 Å². The van der Waals surface area contributed by atoms with Crippen molar-refractivity contribution in [1.29, 1.82) is 0 Å². The average molecular weight is 247 g/mol. The monoisotopic (exact) mass is 247 g/mol. The zero-order chi connectivity index (χ0) is 12.5. The van der Waals surface area contributed by atoms with Crippen LogP contribution < -0.4 is 11.1 Å². The summed E-state index contributed by atoms with van der Waals surface area (Å²) < 4.78 is 5.70. The van der Waals surface area contributed by atoms with Crippen molar-refractivity contribution in [2.24, 2.45) is 5.92 Å². The fourth-order valence-electron chi connectivity index (χ4n) is 2.50. The van der Waals surface area contributed by atoms with Gasteiger partial charge in [-0.15, -0.1) is 0 Å². The molecule has 5 nitrogen and oxygen atoms in total. The number of amides is 1. The standard InChI is InChI=1S/C13H17N3O2/c14-11-7-9(3-5-15-11)13(17)16-10-4-6-18-12(10)8-1-2-8/h3,5,7-8,10,12H,1-2,4,6H2,(H2,14,15)(H,16,17). The van der Waals surface area contributed by atoms with Crippen LogP contribution in [0.5, 0.6) is 0 Å². The molecule has 5 heteroatoms. The van der Waals surface area contributed by atoms with Gasteiger partial charge in [-0.2, -0.15) is 0 Å². The Morgan fingerprint density at radius 2 is 2.28 bits per heavy atom. The van der Waals surface area contributed by atoms with Gasteiger partial charge in [0, 0.05) is 18.4 Å². The molecule has 2 heterocycles. The van der Waals surface area contributed by atoms with Gasteiger partial charge in [0.05, 0.1) is 12.1 Å². The Balaban J connectivity index is 1.66. The maximum atomic E-state index is 12.1. The Morgan fingerprint density at radius 1 is 1.44 bits per heavy atom. The second kappa shape index (κ2) is 4.57. The lowest BCUT2D eigenvalue weighted by Gasteiger charge is -2.19. The lowest BCUT2D eigenvalue weighted by Crippen LogP contribution is -2.41. The topological polar surface area (TPSA) is 77.2 Å². The highest BCUT2D eigenvalue weighted by Crippen LogP contribution is 2.38. The van der Waals surface area contributed by atoms with E-state index in [-0.39, 0.29) is 18.1 Å². The van der Waals surface area contributed by atoms with E-state index in [1.54, 1.807) is 18.3 Å². The molecule has 96 valence electrons. The Hall–Kier alpha value is -1.62. The van der Waals surface area contributed by atoms with Gasteiger partial charge in [-0.05, 0) is 37.3 Å². The van der Waals surface area contributed by atoms with Crippen LogP contribution in [0.15, 0.2) is 18.3 Å². The number of anilines is 1. The molecule has 18 heavy (non-hydrogen) atoms. The van der Waals surface area contributed by atoms with E-state index in [1.807, 2.05) is 0 Å². The molecule has 2 fully saturated rings. The zero-order valence-corrected chi connectivity index (χ0v) is 10.1. The number of rotatable bonds is 3. The summed E-state index contributed by atoms with van der Waals surface area (Å²) in [6, 6.07) is 3.41. The minimum Gasteiger partial charge on any atom is -0.384 e. The number of carbonyl (C=O) groups is 1. The van der Waals surface area contributed by atoms with Crippen LogP contribution in [-0.2, 0) is 4.74 Å². The van der Waals surface area contributed by atoms with Crippen molar-refractivity contribution in [2.75, 3.05) is 12.3 Å². The second-order valence-electron chi connectivity index (χ2n) is 5.01. The van der Waals surface area contributed by atoms with Crippen molar-refractivity contribution in [3.8, 4) is 0 Å². The molecule has 3 rings (SSSR count).